The number of fused-ring (bicyclic) bond motifs is 1. The minimum Gasteiger partial charge on any atom is -0.462 e. The molecule has 7 heteroatoms. The molecule has 0 atom stereocenters. The van der Waals surface area contributed by atoms with Gasteiger partial charge in [-0.25, -0.2) is 9.18 Å². The number of aliphatic hydroxyl groups excluding tert-OH is 1. The van der Waals surface area contributed by atoms with Gasteiger partial charge in [0.1, 0.15) is 11.4 Å². The van der Waals surface area contributed by atoms with Crippen molar-refractivity contribution in [3.63, 3.8) is 0 Å². The zero-order valence-corrected chi connectivity index (χ0v) is 15.0. The van der Waals surface area contributed by atoms with Crippen molar-refractivity contribution in [2.75, 3.05) is 12.3 Å². The number of rotatable bonds is 2. The van der Waals surface area contributed by atoms with E-state index in [1.54, 1.807) is 6.92 Å². The van der Waals surface area contributed by atoms with Gasteiger partial charge in [0.05, 0.1) is 28.4 Å². The molecule has 1 aliphatic rings. The molecule has 130 valence electrons. The average Bonchev–Trinajstić information content (AvgIpc) is 3.01. The number of nitrogens with zero attached hydrogens (tertiary/aromatic N) is 1. The van der Waals surface area contributed by atoms with Gasteiger partial charge < -0.3 is 15.6 Å². The lowest BCUT2D eigenvalue weighted by molar-refractivity contribution is 0.0527. The highest BCUT2D eigenvalue weighted by molar-refractivity contribution is 9.10. The van der Waals surface area contributed by atoms with Crippen molar-refractivity contribution in [1.29, 1.82) is 0 Å². The minimum atomic E-state index is -0.537. The Kier molecular flexibility index (Phi) is 6.51. The van der Waals surface area contributed by atoms with Gasteiger partial charge in [-0.2, -0.15) is 0 Å². The standard InChI is InChI=1S/C12H10BrFN2O2.C5H10O/c1-2-18-12(17)7-5-16-10-4-9(14)8(13)3-6(10)11(7)15;6-5-3-1-2-4-5/h3-5H,2H2,1H3,(H2,15,16);5-6H,1-4H2. The Balaban J connectivity index is 0.000000292. The molecular weight excluding hydrogens is 379 g/mol. The van der Waals surface area contributed by atoms with Crippen LogP contribution in [0.3, 0.4) is 0 Å². The second kappa shape index (κ2) is 8.39. The number of pyridine rings is 1. The number of benzene rings is 1. The molecule has 0 unspecified atom stereocenters. The van der Waals surface area contributed by atoms with Gasteiger partial charge in [0.15, 0.2) is 0 Å². The normalized spacial score (nSPS) is 14.3. The molecule has 0 aliphatic heterocycles. The van der Waals surface area contributed by atoms with Crippen LogP contribution in [-0.4, -0.2) is 28.8 Å². The zero-order chi connectivity index (χ0) is 17.7. The number of anilines is 1. The van der Waals surface area contributed by atoms with Crippen LogP contribution in [-0.2, 0) is 4.74 Å². The molecule has 24 heavy (non-hydrogen) atoms. The van der Waals surface area contributed by atoms with Crippen LogP contribution < -0.4 is 5.73 Å². The summed E-state index contributed by atoms with van der Waals surface area (Å²) in [6.07, 6.45) is 5.90. The van der Waals surface area contributed by atoms with E-state index in [1.807, 2.05) is 0 Å². The number of nitrogens with two attached hydrogens (primary N) is 1. The number of nitrogen functional groups attached to an aromatic ring is 1. The Labute approximate surface area is 148 Å². The fourth-order valence-electron chi connectivity index (χ4n) is 2.48. The fraction of sp³-hybridized carbons (Fsp3) is 0.412. The molecule has 0 radical (unpaired) electrons. The second-order valence-electron chi connectivity index (χ2n) is 5.53. The maximum absolute atomic E-state index is 13.3. The SMILES string of the molecule is CCOC(=O)c1cnc2cc(F)c(Br)cc2c1N.OC1CCCC1. The van der Waals surface area contributed by atoms with Crippen LogP contribution in [0, 0.1) is 5.82 Å². The number of hydrogen-bond donors (Lipinski definition) is 2. The maximum Gasteiger partial charge on any atom is 0.341 e. The van der Waals surface area contributed by atoms with Crippen LogP contribution in [0.5, 0.6) is 0 Å². The number of aliphatic hydroxyl groups is 1. The van der Waals surface area contributed by atoms with Gasteiger partial charge in [0.25, 0.3) is 0 Å². The molecule has 1 aromatic heterocycles. The molecule has 0 amide bonds. The zero-order valence-electron chi connectivity index (χ0n) is 13.4. The molecule has 0 saturated heterocycles. The van der Waals surface area contributed by atoms with Crippen LogP contribution >= 0.6 is 15.9 Å². The monoisotopic (exact) mass is 398 g/mol. The first-order valence-electron chi connectivity index (χ1n) is 7.82. The molecule has 3 N–H and O–H groups in total. The predicted octanol–water partition coefficient (Wildman–Crippen LogP) is 3.82. The van der Waals surface area contributed by atoms with E-state index in [0.717, 1.165) is 12.8 Å². The van der Waals surface area contributed by atoms with Crippen molar-refractivity contribution < 1.29 is 19.0 Å². The number of carbonyl (C=O) groups excluding carboxylic acids is 1. The first-order valence-corrected chi connectivity index (χ1v) is 8.61. The number of ether oxygens (including phenoxy) is 1. The number of carbonyl (C=O) groups is 1. The highest BCUT2D eigenvalue weighted by atomic mass is 79.9. The molecule has 0 spiro atoms. The molecule has 1 aliphatic carbocycles. The molecule has 1 saturated carbocycles. The Morgan fingerprint density at radius 2 is 2.12 bits per heavy atom. The van der Waals surface area contributed by atoms with Gasteiger partial charge in [-0.3, -0.25) is 4.98 Å². The molecule has 3 rings (SSSR count). The van der Waals surface area contributed by atoms with E-state index in [9.17, 15) is 9.18 Å². The quantitative estimate of drug-likeness (QED) is 0.750. The second-order valence-corrected chi connectivity index (χ2v) is 6.38. The summed E-state index contributed by atoms with van der Waals surface area (Å²) in [4.78, 5) is 15.6. The van der Waals surface area contributed by atoms with Crippen LogP contribution in [0.15, 0.2) is 22.8 Å². The van der Waals surface area contributed by atoms with Gasteiger partial charge in [0, 0.05) is 17.6 Å². The summed E-state index contributed by atoms with van der Waals surface area (Å²) >= 11 is 3.07. The molecule has 1 heterocycles. The molecule has 2 aromatic rings. The van der Waals surface area contributed by atoms with Crippen molar-refractivity contribution in [1.82, 2.24) is 4.98 Å². The summed E-state index contributed by atoms with van der Waals surface area (Å²) in [7, 11) is 0. The Morgan fingerprint density at radius 3 is 2.67 bits per heavy atom. The van der Waals surface area contributed by atoms with E-state index in [2.05, 4.69) is 20.9 Å². The van der Waals surface area contributed by atoms with Gasteiger partial charge in [-0.05, 0) is 41.8 Å². The minimum absolute atomic E-state index is 0.0463. The average molecular weight is 399 g/mol. The molecule has 5 nitrogen and oxygen atoms in total. The first-order chi connectivity index (χ1) is 11.4. The summed E-state index contributed by atoms with van der Waals surface area (Å²) in [5, 5.41) is 9.24. The third-order valence-electron chi connectivity index (χ3n) is 3.77. The highest BCUT2D eigenvalue weighted by Crippen LogP contribution is 2.28. The lowest BCUT2D eigenvalue weighted by atomic mass is 10.1. The van der Waals surface area contributed by atoms with Crippen LogP contribution in [0.1, 0.15) is 43.0 Å². The summed E-state index contributed by atoms with van der Waals surface area (Å²) < 4.78 is 18.5. The third-order valence-corrected chi connectivity index (χ3v) is 4.38. The van der Waals surface area contributed by atoms with Gasteiger partial charge in [-0.1, -0.05) is 12.8 Å². The Morgan fingerprint density at radius 1 is 1.46 bits per heavy atom. The van der Waals surface area contributed by atoms with E-state index in [4.69, 9.17) is 15.6 Å². The van der Waals surface area contributed by atoms with E-state index in [0.29, 0.717) is 10.9 Å². The largest absolute Gasteiger partial charge is 0.462 e. The molecule has 1 fully saturated rings. The van der Waals surface area contributed by atoms with E-state index in [1.165, 1.54) is 31.2 Å². The summed E-state index contributed by atoms with van der Waals surface area (Å²) in [6.45, 7) is 1.96. The molecule has 0 bridgehead atoms. The lowest BCUT2D eigenvalue weighted by Crippen LogP contribution is -2.09. The van der Waals surface area contributed by atoms with E-state index < -0.39 is 11.8 Å². The van der Waals surface area contributed by atoms with Crippen LogP contribution in [0.25, 0.3) is 10.9 Å². The third kappa shape index (κ3) is 4.42. The molecular formula is C17H20BrFN2O3. The molecule has 1 aromatic carbocycles. The summed E-state index contributed by atoms with van der Waals surface area (Å²) in [5.41, 5.74) is 6.69. The lowest BCUT2D eigenvalue weighted by Gasteiger charge is -2.08. The van der Waals surface area contributed by atoms with E-state index in [-0.39, 0.29) is 28.4 Å². The van der Waals surface area contributed by atoms with Gasteiger partial charge in [-0.15, -0.1) is 0 Å². The van der Waals surface area contributed by atoms with Crippen molar-refractivity contribution in [2.45, 2.75) is 38.7 Å². The predicted molar refractivity (Wildman–Crippen MR) is 94.2 cm³/mol. The maximum atomic E-state index is 13.3. The number of hydrogen-bond acceptors (Lipinski definition) is 5. The highest BCUT2D eigenvalue weighted by Gasteiger charge is 2.15. The topological polar surface area (TPSA) is 85.4 Å². The first kappa shape index (κ1) is 18.6. The van der Waals surface area contributed by atoms with Gasteiger partial charge in [0.2, 0.25) is 0 Å². The van der Waals surface area contributed by atoms with Crippen molar-refractivity contribution in [3.05, 3.63) is 34.2 Å². The Bertz CT molecular complexity index is 733. The van der Waals surface area contributed by atoms with Gasteiger partial charge >= 0.3 is 5.97 Å². The smallest absolute Gasteiger partial charge is 0.341 e. The van der Waals surface area contributed by atoms with Crippen LogP contribution in [0.4, 0.5) is 10.1 Å². The number of halogens is 2. The van der Waals surface area contributed by atoms with Crippen molar-refractivity contribution >= 4 is 38.5 Å². The number of esters is 1. The Hall–Kier alpha value is -1.73. The van der Waals surface area contributed by atoms with Crippen molar-refractivity contribution in [2.24, 2.45) is 0 Å². The fourth-order valence-corrected chi connectivity index (χ4v) is 2.83. The van der Waals surface area contributed by atoms with Crippen molar-refractivity contribution in [3.8, 4) is 0 Å². The van der Waals surface area contributed by atoms with E-state index >= 15 is 0 Å². The van der Waals surface area contributed by atoms with Crippen LogP contribution in [0.2, 0.25) is 0 Å². The summed E-state index contributed by atoms with van der Waals surface area (Å²) in [5.74, 6) is -0.969. The number of aromatic nitrogens is 1. The summed E-state index contributed by atoms with van der Waals surface area (Å²) in [6, 6.07) is 2.75.